The lowest BCUT2D eigenvalue weighted by atomic mass is 9.89. The first-order valence-corrected chi connectivity index (χ1v) is 16.5. The van der Waals surface area contributed by atoms with Crippen LogP contribution in [0.1, 0.15) is 86.1 Å². The number of anilines is 1. The fraction of sp³-hybridized carbons (Fsp3) is 0.447. The molecule has 3 heterocycles. The Bertz CT molecular complexity index is 1340. The summed E-state index contributed by atoms with van der Waals surface area (Å²) in [6.07, 6.45) is 16.0. The Kier molecular flexibility index (Phi) is 11.3. The van der Waals surface area contributed by atoms with Crippen LogP contribution in [0.4, 0.5) is 5.69 Å². The summed E-state index contributed by atoms with van der Waals surface area (Å²) in [5, 5.41) is 3.44. The topological polar surface area (TPSA) is 44.0 Å². The van der Waals surface area contributed by atoms with E-state index >= 15 is 0 Å². The van der Waals surface area contributed by atoms with Gasteiger partial charge in [0.05, 0.1) is 18.2 Å². The number of rotatable bonds is 10. The summed E-state index contributed by atoms with van der Waals surface area (Å²) in [6, 6.07) is 25.1. The number of piperidine rings is 1. The van der Waals surface area contributed by atoms with Crippen LogP contribution in [-0.4, -0.2) is 36.1 Å². The number of benzene rings is 3. The summed E-state index contributed by atoms with van der Waals surface area (Å²) < 4.78 is 0. The third-order valence-corrected chi connectivity index (χ3v) is 9.03. The van der Waals surface area contributed by atoms with E-state index < -0.39 is 0 Å². The van der Waals surface area contributed by atoms with E-state index in [1.807, 2.05) is 6.20 Å². The van der Waals surface area contributed by atoms with Crippen molar-refractivity contribution in [3.05, 3.63) is 107 Å². The zero-order chi connectivity index (χ0) is 29.0. The maximum Gasteiger partial charge on any atom is 0.0924 e. The van der Waals surface area contributed by atoms with Crippen molar-refractivity contribution in [2.75, 3.05) is 31.1 Å². The molecule has 6 rings (SSSR count). The third-order valence-electron chi connectivity index (χ3n) is 9.03. The molecule has 0 radical (unpaired) electrons. The monoisotopic (exact) mass is 562 g/mol. The molecule has 1 fully saturated rings. The van der Waals surface area contributed by atoms with Gasteiger partial charge in [-0.1, -0.05) is 81.3 Å². The number of hydrogen-bond donors (Lipinski definition) is 2. The van der Waals surface area contributed by atoms with Crippen molar-refractivity contribution < 1.29 is 0 Å². The van der Waals surface area contributed by atoms with Gasteiger partial charge in [0.25, 0.3) is 0 Å². The number of aryl methyl sites for hydroxylation is 4. The number of aromatic amines is 1. The Balaban J connectivity index is 0.000000181. The lowest BCUT2D eigenvalue weighted by Gasteiger charge is -2.32. The number of nitrogens with zero attached hydrogens (tertiary/aromatic N) is 2. The quantitative estimate of drug-likeness (QED) is 0.190. The van der Waals surface area contributed by atoms with Gasteiger partial charge in [-0.2, -0.15) is 0 Å². The molecule has 0 atom stereocenters. The van der Waals surface area contributed by atoms with Crippen LogP contribution in [0, 0.1) is 0 Å². The maximum atomic E-state index is 4.11. The first kappa shape index (κ1) is 30.1. The van der Waals surface area contributed by atoms with Gasteiger partial charge in [-0.05, 0) is 116 Å². The van der Waals surface area contributed by atoms with E-state index in [4.69, 9.17) is 0 Å². The molecular weight excluding hydrogens is 512 g/mol. The Labute approximate surface area is 254 Å². The van der Waals surface area contributed by atoms with Gasteiger partial charge >= 0.3 is 0 Å². The van der Waals surface area contributed by atoms with Crippen molar-refractivity contribution in [3.63, 3.8) is 0 Å². The van der Waals surface area contributed by atoms with Crippen molar-refractivity contribution in [1.82, 2.24) is 15.3 Å². The molecule has 0 amide bonds. The molecule has 2 aliphatic heterocycles. The van der Waals surface area contributed by atoms with Crippen LogP contribution < -0.4 is 10.2 Å². The Morgan fingerprint density at radius 1 is 0.857 bits per heavy atom. The predicted molar refractivity (Wildman–Crippen MR) is 179 cm³/mol. The molecule has 3 aromatic carbocycles. The van der Waals surface area contributed by atoms with Crippen LogP contribution in [-0.2, 0) is 25.7 Å². The minimum atomic E-state index is 0.737. The van der Waals surface area contributed by atoms with Crippen LogP contribution in [0.5, 0.6) is 0 Å². The first-order chi connectivity index (χ1) is 20.7. The highest BCUT2D eigenvalue weighted by Gasteiger charge is 2.17. The number of fused-ring (bicyclic) bond motifs is 1. The molecule has 2 N–H and O–H groups in total. The Morgan fingerprint density at radius 2 is 1.67 bits per heavy atom. The molecule has 2 aliphatic rings. The average Bonchev–Trinajstić information content (AvgIpc) is 3.60. The fourth-order valence-corrected chi connectivity index (χ4v) is 6.41. The summed E-state index contributed by atoms with van der Waals surface area (Å²) in [5.74, 6) is 0.737. The van der Waals surface area contributed by atoms with Crippen LogP contribution in [0.3, 0.4) is 0 Å². The number of H-pyrrole nitrogens is 1. The highest BCUT2D eigenvalue weighted by atomic mass is 15.1. The minimum absolute atomic E-state index is 0.737. The summed E-state index contributed by atoms with van der Waals surface area (Å²) in [7, 11) is 0. The summed E-state index contributed by atoms with van der Waals surface area (Å²) in [6.45, 7) is 9.32. The third kappa shape index (κ3) is 8.35. The van der Waals surface area contributed by atoms with Crippen LogP contribution in [0.2, 0.25) is 0 Å². The number of aromatic nitrogens is 2. The molecule has 42 heavy (non-hydrogen) atoms. The van der Waals surface area contributed by atoms with E-state index in [-0.39, 0.29) is 0 Å². The SMILES string of the molecule is CCCCCN1CCCc2ccc(CC)cc21.c1cc(CCc2ccc(C3CCNCC3)cc2)cc(-c2cnc[nH]2)c1. The van der Waals surface area contributed by atoms with Gasteiger partial charge in [-0.25, -0.2) is 4.98 Å². The van der Waals surface area contributed by atoms with Gasteiger partial charge in [0.1, 0.15) is 0 Å². The zero-order valence-electron chi connectivity index (χ0n) is 25.9. The van der Waals surface area contributed by atoms with Crippen LogP contribution in [0.15, 0.2) is 79.3 Å². The molecule has 0 bridgehead atoms. The summed E-state index contributed by atoms with van der Waals surface area (Å²) in [4.78, 5) is 9.89. The molecule has 222 valence electrons. The molecule has 0 saturated carbocycles. The zero-order valence-corrected chi connectivity index (χ0v) is 25.9. The van der Waals surface area contributed by atoms with Gasteiger partial charge in [-0.3, -0.25) is 0 Å². The normalized spacial score (nSPS) is 15.1. The highest BCUT2D eigenvalue weighted by Crippen LogP contribution is 2.29. The lowest BCUT2D eigenvalue weighted by molar-refractivity contribution is 0.460. The lowest BCUT2D eigenvalue weighted by Crippen LogP contribution is -2.30. The van der Waals surface area contributed by atoms with Gasteiger partial charge in [0.2, 0.25) is 0 Å². The maximum absolute atomic E-state index is 4.11. The Morgan fingerprint density at radius 3 is 2.43 bits per heavy atom. The van der Waals surface area contributed by atoms with Crippen molar-refractivity contribution in [2.24, 2.45) is 0 Å². The summed E-state index contributed by atoms with van der Waals surface area (Å²) in [5.41, 5.74) is 11.1. The van der Waals surface area contributed by atoms with E-state index in [1.165, 1.54) is 91.5 Å². The molecule has 0 spiro atoms. The van der Waals surface area contributed by atoms with Crippen molar-refractivity contribution in [2.45, 2.75) is 84.0 Å². The van der Waals surface area contributed by atoms with E-state index in [2.05, 4.69) is 101 Å². The molecular formula is C38H50N4. The standard InChI is InChI=1S/C22H25N3.C16H25N/c1-2-18(14-21(3-1)22-15-24-16-25-22)5-4-17-6-8-19(9-7-17)20-10-12-23-13-11-20;1-3-5-6-11-17-12-7-8-15-10-9-14(4-2)13-16(15)17/h1-3,6-9,14-16,20,23H,4-5,10-13H2,(H,24,25);9-10,13H,3-8,11-12H2,1-2H3. The van der Waals surface area contributed by atoms with Crippen LogP contribution >= 0.6 is 0 Å². The second-order valence-corrected chi connectivity index (χ2v) is 12.0. The van der Waals surface area contributed by atoms with Crippen molar-refractivity contribution in [1.29, 1.82) is 0 Å². The van der Waals surface area contributed by atoms with E-state index in [0.717, 1.165) is 44.0 Å². The smallest absolute Gasteiger partial charge is 0.0924 e. The van der Waals surface area contributed by atoms with Gasteiger partial charge in [0, 0.05) is 18.8 Å². The molecule has 0 aliphatic carbocycles. The molecule has 1 aromatic heterocycles. The largest absolute Gasteiger partial charge is 0.371 e. The van der Waals surface area contributed by atoms with Gasteiger partial charge < -0.3 is 15.2 Å². The molecule has 1 saturated heterocycles. The number of hydrogen-bond acceptors (Lipinski definition) is 3. The van der Waals surface area contributed by atoms with Crippen molar-refractivity contribution in [3.8, 4) is 11.3 Å². The van der Waals surface area contributed by atoms with Crippen LogP contribution in [0.25, 0.3) is 11.3 Å². The van der Waals surface area contributed by atoms with Gasteiger partial charge in [0.15, 0.2) is 0 Å². The van der Waals surface area contributed by atoms with E-state index in [9.17, 15) is 0 Å². The number of nitrogens with one attached hydrogen (secondary N) is 2. The second-order valence-electron chi connectivity index (χ2n) is 12.0. The fourth-order valence-electron chi connectivity index (χ4n) is 6.41. The first-order valence-electron chi connectivity index (χ1n) is 16.5. The Hall–Kier alpha value is -3.37. The predicted octanol–water partition coefficient (Wildman–Crippen LogP) is 8.52. The molecule has 0 unspecified atom stereocenters. The summed E-state index contributed by atoms with van der Waals surface area (Å²) >= 11 is 0. The number of unbranched alkanes of at least 4 members (excludes halogenated alkanes) is 2. The van der Waals surface area contributed by atoms with E-state index in [0.29, 0.717) is 0 Å². The van der Waals surface area contributed by atoms with E-state index in [1.54, 1.807) is 11.9 Å². The highest BCUT2D eigenvalue weighted by molar-refractivity contribution is 5.59. The molecule has 4 aromatic rings. The van der Waals surface area contributed by atoms with Gasteiger partial charge in [-0.15, -0.1) is 0 Å². The number of imidazole rings is 1. The second kappa shape index (κ2) is 15.7. The van der Waals surface area contributed by atoms with Crippen molar-refractivity contribution >= 4 is 5.69 Å². The molecule has 4 nitrogen and oxygen atoms in total. The minimum Gasteiger partial charge on any atom is -0.371 e. The average molecular weight is 563 g/mol. The molecule has 4 heteroatoms.